The van der Waals surface area contributed by atoms with Crippen molar-refractivity contribution in [2.45, 2.75) is 18.9 Å². The average Bonchev–Trinajstić information content (AvgIpc) is 2.55. The van der Waals surface area contributed by atoms with E-state index in [1.165, 1.54) is 11.0 Å². The van der Waals surface area contributed by atoms with Gasteiger partial charge in [0.1, 0.15) is 11.6 Å². The quantitative estimate of drug-likeness (QED) is 0.940. The van der Waals surface area contributed by atoms with E-state index in [2.05, 4.69) is 5.32 Å². The molecule has 1 aliphatic heterocycles. The number of carbonyl (C=O) groups excluding carboxylic acids is 2. The molecule has 1 N–H and O–H groups in total. The molecule has 0 bridgehead atoms. The van der Waals surface area contributed by atoms with Gasteiger partial charge in [-0.1, -0.05) is 24.3 Å². The van der Waals surface area contributed by atoms with E-state index in [1.54, 1.807) is 31.3 Å². The van der Waals surface area contributed by atoms with Crippen LogP contribution in [0.1, 0.15) is 23.5 Å². The summed E-state index contributed by atoms with van der Waals surface area (Å²) in [5.41, 5.74) is 1.59. The van der Waals surface area contributed by atoms with Crippen molar-refractivity contribution in [3.05, 3.63) is 65.2 Å². The molecule has 1 atom stereocenters. The van der Waals surface area contributed by atoms with E-state index < -0.39 is 17.6 Å². The molecule has 2 amide bonds. The van der Waals surface area contributed by atoms with Gasteiger partial charge in [-0.25, -0.2) is 8.78 Å². The number of benzene rings is 2. The van der Waals surface area contributed by atoms with Crippen molar-refractivity contribution in [2.75, 3.05) is 12.4 Å². The number of rotatable bonds is 3. The summed E-state index contributed by atoms with van der Waals surface area (Å²) in [6, 6.07) is 10.4. The molecular formula is C18H16F2N2O2. The van der Waals surface area contributed by atoms with E-state index in [9.17, 15) is 18.4 Å². The van der Waals surface area contributed by atoms with Crippen molar-refractivity contribution < 1.29 is 18.4 Å². The normalized spacial score (nSPS) is 16.3. The highest BCUT2D eigenvalue weighted by molar-refractivity contribution is 6.01. The smallest absolute Gasteiger partial charge is 0.230 e. The van der Waals surface area contributed by atoms with Crippen molar-refractivity contribution in [1.82, 2.24) is 4.90 Å². The second-order valence-electron chi connectivity index (χ2n) is 5.82. The van der Waals surface area contributed by atoms with Gasteiger partial charge >= 0.3 is 0 Å². The van der Waals surface area contributed by atoms with Gasteiger partial charge < -0.3 is 10.2 Å². The third kappa shape index (κ3) is 3.13. The molecule has 0 fully saturated rings. The summed E-state index contributed by atoms with van der Waals surface area (Å²) >= 11 is 0. The highest BCUT2D eigenvalue weighted by Crippen LogP contribution is 2.33. The van der Waals surface area contributed by atoms with E-state index in [-0.39, 0.29) is 30.3 Å². The minimum Gasteiger partial charge on any atom is -0.341 e. The first-order valence-electron chi connectivity index (χ1n) is 7.53. The van der Waals surface area contributed by atoms with Crippen LogP contribution in [0.5, 0.6) is 0 Å². The van der Waals surface area contributed by atoms with E-state index in [4.69, 9.17) is 0 Å². The van der Waals surface area contributed by atoms with Crippen LogP contribution in [0.15, 0.2) is 42.5 Å². The van der Waals surface area contributed by atoms with Gasteiger partial charge in [0.2, 0.25) is 11.8 Å². The number of nitrogens with one attached hydrogen (secondary N) is 1. The maximum atomic E-state index is 13.8. The van der Waals surface area contributed by atoms with E-state index >= 15 is 0 Å². The lowest BCUT2D eigenvalue weighted by Gasteiger charge is -2.28. The summed E-state index contributed by atoms with van der Waals surface area (Å²) in [6.45, 7) is 0.00519. The van der Waals surface area contributed by atoms with Gasteiger partial charge in [0.15, 0.2) is 0 Å². The van der Waals surface area contributed by atoms with Crippen molar-refractivity contribution in [3.8, 4) is 0 Å². The van der Waals surface area contributed by atoms with Gasteiger partial charge in [-0.3, -0.25) is 9.59 Å². The van der Waals surface area contributed by atoms with Gasteiger partial charge in [-0.2, -0.15) is 0 Å². The van der Waals surface area contributed by atoms with Gasteiger partial charge in [0.05, 0.1) is 5.92 Å². The van der Waals surface area contributed by atoms with Crippen molar-refractivity contribution in [3.63, 3.8) is 0 Å². The highest BCUT2D eigenvalue weighted by atomic mass is 19.1. The number of fused-ring (bicyclic) bond motifs is 1. The number of halogens is 2. The lowest BCUT2D eigenvalue weighted by Crippen LogP contribution is -2.36. The first-order valence-corrected chi connectivity index (χ1v) is 7.53. The first-order chi connectivity index (χ1) is 11.5. The highest BCUT2D eigenvalue weighted by Gasteiger charge is 2.32. The van der Waals surface area contributed by atoms with E-state index in [0.717, 1.165) is 17.7 Å². The Morgan fingerprint density at radius 3 is 2.75 bits per heavy atom. The molecule has 0 saturated carbocycles. The van der Waals surface area contributed by atoms with Crippen LogP contribution in [0.25, 0.3) is 0 Å². The predicted octanol–water partition coefficient (Wildman–Crippen LogP) is 3.05. The molecule has 2 aromatic carbocycles. The molecule has 0 aromatic heterocycles. The zero-order valence-corrected chi connectivity index (χ0v) is 13.1. The van der Waals surface area contributed by atoms with Gasteiger partial charge in [0, 0.05) is 37.3 Å². The summed E-state index contributed by atoms with van der Waals surface area (Å²) in [5, 5.41) is 2.74. The Morgan fingerprint density at radius 2 is 2.00 bits per heavy atom. The van der Waals surface area contributed by atoms with E-state index in [1.807, 2.05) is 0 Å². The lowest BCUT2D eigenvalue weighted by molar-refractivity contribution is -0.134. The molecule has 0 aliphatic carbocycles. The Balaban J connectivity index is 1.82. The Labute approximate surface area is 138 Å². The SMILES string of the molecule is CN(Cc1ccc(F)cc1F)C(=O)C1CC(=O)Nc2ccccc21. The molecule has 6 heteroatoms. The Hall–Kier alpha value is -2.76. The monoisotopic (exact) mass is 330 g/mol. The zero-order chi connectivity index (χ0) is 17.3. The number of carbonyl (C=O) groups is 2. The molecule has 3 rings (SSSR count). The summed E-state index contributed by atoms with van der Waals surface area (Å²) < 4.78 is 26.8. The number of para-hydroxylation sites is 1. The minimum absolute atomic E-state index is 0.00519. The van der Waals surface area contributed by atoms with Gasteiger partial charge in [-0.05, 0) is 17.7 Å². The summed E-state index contributed by atoms with van der Waals surface area (Å²) in [4.78, 5) is 25.9. The third-order valence-corrected chi connectivity index (χ3v) is 4.10. The molecular weight excluding hydrogens is 314 g/mol. The van der Waals surface area contributed by atoms with Crippen LogP contribution in [-0.2, 0) is 16.1 Å². The van der Waals surface area contributed by atoms with Crippen LogP contribution in [0.4, 0.5) is 14.5 Å². The fourth-order valence-electron chi connectivity index (χ4n) is 2.88. The van der Waals surface area contributed by atoms with Crippen LogP contribution in [0, 0.1) is 11.6 Å². The van der Waals surface area contributed by atoms with Crippen LogP contribution < -0.4 is 5.32 Å². The Morgan fingerprint density at radius 1 is 1.25 bits per heavy atom. The largest absolute Gasteiger partial charge is 0.341 e. The first kappa shape index (κ1) is 16.1. The zero-order valence-electron chi connectivity index (χ0n) is 13.1. The van der Waals surface area contributed by atoms with Gasteiger partial charge in [0.25, 0.3) is 0 Å². The molecule has 0 radical (unpaired) electrons. The molecule has 0 saturated heterocycles. The molecule has 4 nitrogen and oxygen atoms in total. The number of nitrogens with zero attached hydrogens (tertiary/aromatic N) is 1. The molecule has 124 valence electrons. The van der Waals surface area contributed by atoms with Crippen LogP contribution >= 0.6 is 0 Å². The van der Waals surface area contributed by atoms with Crippen LogP contribution in [0.2, 0.25) is 0 Å². The van der Waals surface area contributed by atoms with Crippen LogP contribution in [-0.4, -0.2) is 23.8 Å². The second kappa shape index (κ2) is 6.39. The average molecular weight is 330 g/mol. The summed E-state index contributed by atoms with van der Waals surface area (Å²) in [5.74, 6) is -2.47. The second-order valence-corrected chi connectivity index (χ2v) is 5.82. The summed E-state index contributed by atoms with van der Waals surface area (Å²) in [6.07, 6.45) is 0.0477. The number of amides is 2. The van der Waals surface area contributed by atoms with Gasteiger partial charge in [-0.15, -0.1) is 0 Å². The maximum absolute atomic E-state index is 13.8. The number of likely N-dealkylation sites (N-methyl/N-ethyl adjacent to an activating group) is 1. The molecule has 1 aliphatic rings. The fourth-order valence-corrected chi connectivity index (χ4v) is 2.88. The standard InChI is InChI=1S/C18H16F2N2O2/c1-22(10-11-6-7-12(19)8-15(11)20)18(24)14-9-17(23)21-16-5-3-2-4-13(14)16/h2-8,14H,9-10H2,1H3,(H,21,23). The van der Waals surface area contributed by atoms with Crippen molar-refractivity contribution >= 4 is 17.5 Å². The number of anilines is 1. The number of hydrogen-bond donors (Lipinski definition) is 1. The third-order valence-electron chi connectivity index (χ3n) is 4.10. The lowest BCUT2D eigenvalue weighted by atomic mass is 9.89. The minimum atomic E-state index is -0.698. The Kier molecular flexibility index (Phi) is 4.29. The summed E-state index contributed by atoms with van der Waals surface area (Å²) in [7, 11) is 1.54. The fraction of sp³-hybridized carbons (Fsp3) is 0.222. The number of hydrogen-bond acceptors (Lipinski definition) is 2. The maximum Gasteiger partial charge on any atom is 0.230 e. The molecule has 2 aromatic rings. The molecule has 1 unspecified atom stereocenters. The van der Waals surface area contributed by atoms with Crippen LogP contribution in [0.3, 0.4) is 0 Å². The Bertz CT molecular complexity index is 807. The predicted molar refractivity (Wildman–Crippen MR) is 85.3 cm³/mol. The van der Waals surface area contributed by atoms with Crippen molar-refractivity contribution in [2.24, 2.45) is 0 Å². The van der Waals surface area contributed by atoms with Crippen molar-refractivity contribution in [1.29, 1.82) is 0 Å². The van der Waals surface area contributed by atoms with E-state index in [0.29, 0.717) is 5.69 Å². The molecule has 24 heavy (non-hydrogen) atoms. The molecule has 0 spiro atoms. The molecule has 1 heterocycles. The topological polar surface area (TPSA) is 49.4 Å².